The second-order valence-corrected chi connectivity index (χ2v) is 5.56. The van der Waals surface area contributed by atoms with E-state index in [-0.39, 0.29) is 12.4 Å². The fourth-order valence-corrected chi connectivity index (χ4v) is 2.28. The molecule has 0 aliphatic carbocycles. The summed E-state index contributed by atoms with van der Waals surface area (Å²) in [6, 6.07) is 0. The summed E-state index contributed by atoms with van der Waals surface area (Å²) in [6.07, 6.45) is 2.00. The number of ether oxygens (including phenoxy) is 1. The molecule has 1 aromatic rings. The predicted octanol–water partition coefficient (Wildman–Crippen LogP) is 0.399. The first-order valence-corrected chi connectivity index (χ1v) is 6.59. The van der Waals surface area contributed by atoms with Crippen LogP contribution < -0.4 is 5.73 Å². The van der Waals surface area contributed by atoms with Crippen molar-refractivity contribution in [3.63, 3.8) is 0 Å². The van der Waals surface area contributed by atoms with E-state index in [9.17, 15) is 4.79 Å². The Bertz CT molecular complexity index is 466. The van der Waals surface area contributed by atoms with E-state index in [1.165, 1.54) is 6.20 Å². The van der Waals surface area contributed by atoms with Crippen molar-refractivity contribution in [2.24, 2.45) is 5.73 Å². The van der Waals surface area contributed by atoms with E-state index in [0.717, 1.165) is 6.54 Å². The molecule has 19 heavy (non-hydrogen) atoms. The Morgan fingerprint density at radius 1 is 1.68 bits per heavy atom. The van der Waals surface area contributed by atoms with Gasteiger partial charge < -0.3 is 15.4 Å². The topological polar surface area (TPSA) is 73.4 Å². The molecule has 6 nitrogen and oxygen atoms in total. The molecule has 1 fully saturated rings. The van der Waals surface area contributed by atoms with Crippen LogP contribution in [0.1, 0.15) is 16.9 Å². The Morgan fingerprint density at radius 2 is 2.42 bits per heavy atom. The fraction of sp³-hybridized carbons (Fsp3) is 0.667. The van der Waals surface area contributed by atoms with Gasteiger partial charge in [-0.15, -0.1) is 0 Å². The molecular weight excluding hydrogens is 268 g/mol. The van der Waals surface area contributed by atoms with E-state index in [1.54, 1.807) is 4.68 Å². The molecule has 106 valence electrons. The van der Waals surface area contributed by atoms with Gasteiger partial charge in [0.2, 0.25) is 5.78 Å². The number of halogens is 1. The SMILES string of the molecule is CN(C)CCn1ncc(Cl)c1C(=O)C1(N)CCOC1. The molecule has 0 saturated carbocycles. The number of carbonyl (C=O) groups is 1. The first-order valence-electron chi connectivity index (χ1n) is 6.21. The van der Waals surface area contributed by atoms with Crippen LogP contribution in [0.25, 0.3) is 0 Å². The lowest BCUT2D eigenvalue weighted by Gasteiger charge is -2.21. The molecule has 2 N–H and O–H groups in total. The maximum Gasteiger partial charge on any atom is 0.204 e. The van der Waals surface area contributed by atoms with Crippen molar-refractivity contribution >= 4 is 17.4 Å². The maximum atomic E-state index is 12.6. The second kappa shape index (κ2) is 5.58. The van der Waals surface area contributed by atoms with E-state index in [4.69, 9.17) is 22.1 Å². The minimum absolute atomic E-state index is 0.189. The molecule has 2 rings (SSSR count). The zero-order chi connectivity index (χ0) is 14.0. The van der Waals surface area contributed by atoms with Crippen LogP contribution in [-0.2, 0) is 11.3 Å². The lowest BCUT2D eigenvalue weighted by molar-refractivity contribution is 0.0851. The number of hydrogen-bond acceptors (Lipinski definition) is 5. The molecule has 2 heterocycles. The Hall–Kier alpha value is -0.950. The van der Waals surface area contributed by atoms with Gasteiger partial charge in [0.15, 0.2) is 0 Å². The maximum absolute atomic E-state index is 12.6. The van der Waals surface area contributed by atoms with E-state index in [1.807, 2.05) is 19.0 Å². The highest BCUT2D eigenvalue weighted by molar-refractivity contribution is 6.34. The van der Waals surface area contributed by atoms with E-state index < -0.39 is 5.54 Å². The van der Waals surface area contributed by atoms with Crippen LogP contribution in [0.15, 0.2) is 6.20 Å². The smallest absolute Gasteiger partial charge is 0.204 e. The number of nitrogens with two attached hydrogens (primary N) is 1. The van der Waals surface area contributed by atoms with E-state index in [2.05, 4.69) is 5.10 Å². The predicted molar refractivity (Wildman–Crippen MR) is 72.5 cm³/mol. The third kappa shape index (κ3) is 2.97. The number of aromatic nitrogens is 2. The van der Waals surface area contributed by atoms with E-state index >= 15 is 0 Å². The molecule has 0 spiro atoms. The van der Waals surface area contributed by atoms with Crippen LogP contribution >= 0.6 is 11.6 Å². The van der Waals surface area contributed by atoms with Crippen molar-refractivity contribution < 1.29 is 9.53 Å². The summed E-state index contributed by atoms with van der Waals surface area (Å²) in [6.45, 7) is 2.11. The molecule has 1 aliphatic heterocycles. The lowest BCUT2D eigenvalue weighted by atomic mass is 9.92. The zero-order valence-corrected chi connectivity index (χ0v) is 12.0. The molecule has 0 amide bonds. The number of ketones is 1. The summed E-state index contributed by atoms with van der Waals surface area (Å²) in [5.74, 6) is -0.189. The lowest BCUT2D eigenvalue weighted by Crippen LogP contribution is -2.49. The third-order valence-corrected chi connectivity index (χ3v) is 3.55. The number of hydrogen-bond donors (Lipinski definition) is 1. The minimum Gasteiger partial charge on any atom is -0.379 e. The van der Waals surface area contributed by atoms with Gasteiger partial charge in [-0.2, -0.15) is 5.10 Å². The molecule has 1 atom stereocenters. The van der Waals surface area contributed by atoms with Crippen LogP contribution in [0.4, 0.5) is 0 Å². The minimum atomic E-state index is -0.973. The van der Waals surface area contributed by atoms with Gasteiger partial charge in [0, 0.05) is 13.2 Å². The van der Waals surface area contributed by atoms with Gasteiger partial charge in [0.25, 0.3) is 0 Å². The second-order valence-electron chi connectivity index (χ2n) is 5.16. The molecular formula is C12H19ClN4O2. The summed E-state index contributed by atoms with van der Waals surface area (Å²) in [7, 11) is 3.92. The Labute approximate surface area is 117 Å². The van der Waals surface area contributed by atoms with E-state index in [0.29, 0.717) is 30.3 Å². The van der Waals surface area contributed by atoms with Crippen LogP contribution in [0.5, 0.6) is 0 Å². The van der Waals surface area contributed by atoms with Gasteiger partial charge >= 0.3 is 0 Å². The zero-order valence-electron chi connectivity index (χ0n) is 11.2. The standard InChI is InChI=1S/C12H19ClN4O2/c1-16(2)4-5-17-10(9(13)7-15-17)11(18)12(14)3-6-19-8-12/h7H,3-6,8,14H2,1-2H3. The van der Waals surface area contributed by atoms with Gasteiger partial charge in [0.05, 0.1) is 24.4 Å². The van der Waals surface area contributed by atoms with Crippen LogP contribution in [-0.4, -0.2) is 59.9 Å². The van der Waals surface area contributed by atoms with Crippen molar-refractivity contribution in [1.82, 2.24) is 14.7 Å². The van der Waals surface area contributed by atoms with Crippen LogP contribution in [0.3, 0.4) is 0 Å². The highest BCUT2D eigenvalue weighted by Gasteiger charge is 2.41. The Balaban J connectivity index is 2.23. The molecule has 0 aromatic carbocycles. The molecule has 1 aliphatic rings. The van der Waals surface area contributed by atoms with Crippen molar-refractivity contribution in [1.29, 1.82) is 0 Å². The highest BCUT2D eigenvalue weighted by atomic mass is 35.5. The third-order valence-electron chi connectivity index (χ3n) is 3.27. The molecule has 1 aromatic heterocycles. The number of rotatable bonds is 5. The molecule has 0 bridgehead atoms. The molecule has 7 heteroatoms. The summed E-state index contributed by atoms with van der Waals surface area (Å²) in [5.41, 5.74) is 5.52. The number of likely N-dealkylation sites (N-methyl/N-ethyl adjacent to an activating group) is 1. The normalized spacial score (nSPS) is 23.2. The number of carbonyl (C=O) groups excluding carboxylic acids is 1. The summed E-state index contributed by atoms with van der Waals surface area (Å²) < 4.78 is 6.85. The Kier molecular flexibility index (Phi) is 4.25. The van der Waals surface area contributed by atoms with Crippen molar-refractivity contribution in [2.75, 3.05) is 33.9 Å². The number of nitrogens with zero attached hydrogens (tertiary/aromatic N) is 3. The van der Waals surface area contributed by atoms with Gasteiger partial charge in [-0.25, -0.2) is 0 Å². The first kappa shape index (κ1) is 14.5. The fourth-order valence-electron chi connectivity index (χ4n) is 2.05. The highest BCUT2D eigenvalue weighted by Crippen LogP contribution is 2.25. The first-order chi connectivity index (χ1) is 8.94. The molecule has 1 unspecified atom stereocenters. The number of Topliss-reactive ketones (excluding diaryl/α,β-unsaturated/α-hetero) is 1. The molecule has 0 radical (unpaired) electrons. The largest absolute Gasteiger partial charge is 0.379 e. The average molecular weight is 287 g/mol. The van der Waals surface area contributed by atoms with Gasteiger partial charge in [-0.1, -0.05) is 11.6 Å². The average Bonchev–Trinajstić information content (AvgIpc) is 2.93. The summed E-state index contributed by atoms with van der Waals surface area (Å²) in [5, 5.41) is 4.50. The van der Waals surface area contributed by atoms with Crippen molar-refractivity contribution in [3.05, 3.63) is 16.9 Å². The quantitative estimate of drug-likeness (QED) is 0.793. The Morgan fingerprint density at radius 3 is 3.00 bits per heavy atom. The summed E-state index contributed by atoms with van der Waals surface area (Å²) >= 11 is 6.08. The van der Waals surface area contributed by atoms with Crippen molar-refractivity contribution in [3.8, 4) is 0 Å². The van der Waals surface area contributed by atoms with Gasteiger partial charge in [-0.3, -0.25) is 9.48 Å². The van der Waals surface area contributed by atoms with Crippen molar-refractivity contribution in [2.45, 2.75) is 18.5 Å². The van der Waals surface area contributed by atoms with Crippen LogP contribution in [0.2, 0.25) is 5.02 Å². The van der Waals surface area contributed by atoms with Gasteiger partial charge in [0.1, 0.15) is 11.2 Å². The van der Waals surface area contributed by atoms with Gasteiger partial charge in [-0.05, 0) is 20.5 Å². The molecule has 1 saturated heterocycles. The van der Waals surface area contributed by atoms with Crippen LogP contribution in [0, 0.1) is 0 Å². The monoisotopic (exact) mass is 286 g/mol. The summed E-state index contributed by atoms with van der Waals surface area (Å²) in [4.78, 5) is 14.6.